The number of fused-ring (bicyclic) bond motifs is 5. The molecule has 0 spiro atoms. The first-order valence-electron chi connectivity index (χ1n) is 16.0. The number of hydrogen-bond donors (Lipinski definition) is 0. The molecule has 4 rings (SSSR count). The predicted octanol–water partition coefficient (Wildman–Crippen LogP) is 10.4. The Morgan fingerprint density at radius 3 is 2.25 bits per heavy atom. The van der Waals surface area contributed by atoms with Gasteiger partial charge in [-0.25, -0.2) is 0 Å². The molecule has 5 unspecified atom stereocenters. The van der Waals surface area contributed by atoms with E-state index in [2.05, 4.69) is 40.7 Å². The fourth-order valence-corrected chi connectivity index (χ4v) is 9.16. The molecule has 4 aliphatic rings. The van der Waals surface area contributed by atoms with Crippen LogP contribution in [-0.2, 0) is 9.53 Å². The minimum atomic E-state index is -0.114. The van der Waals surface area contributed by atoms with Gasteiger partial charge in [-0.15, -0.1) is 0 Å². The molecule has 0 aromatic rings. The topological polar surface area (TPSA) is 26.3 Å². The van der Waals surface area contributed by atoms with E-state index in [1.807, 2.05) is 27.7 Å². The van der Waals surface area contributed by atoms with E-state index in [1.54, 1.807) is 12.5 Å². The summed E-state index contributed by atoms with van der Waals surface area (Å²) in [7, 11) is 0. The lowest BCUT2D eigenvalue weighted by atomic mass is 9.47. The second-order valence-corrected chi connectivity index (χ2v) is 13.1. The Hall–Kier alpha value is -0.790. The molecule has 0 aliphatic heterocycles. The summed E-state index contributed by atoms with van der Waals surface area (Å²) in [6.45, 7) is 22.1. The van der Waals surface area contributed by atoms with Crippen LogP contribution >= 0.6 is 0 Å². The molecule has 0 amide bonds. The van der Waals surface area contributed by atoms with Gasteiger partial charge < -0.3 is 4.74 Å². The zero-order valence-electron chi connectivity index (χ0n) is 25.9. The maximum atomic E-state index is 11.5. The molecule has 0 radical (unpaired) electrons. The maximum absolute atomic E-state index is 11.5. The second-order valence-electron chi connectivity index (χ2n) is 13.1. The summed E-state index contributed by atoms with van der Waals surface area (Å²) in [6.07, 6.45) is 18.7. The van der Waals surface area contributed by atoms with Gasteiger partial charge in [-0.2, -0.15) is 0 Å². The highest BCUT2D eigenvalue weighted by Crippen LogP contribution is 2.67. The maximum Gasteiger partial charge on any atom is 0.302 e. The number of unbranched alkanes of at least 4 members (excludes halogenated alkanes) is 1. The second kappa shape index (κ2) is 13.8. The van der Waals surface area contributed by atoms with Crippen molar-refractivity contribution in [1.82, 2.24) is 0 Å². The SMILES string of the molecule is CC.CC.CC(=O)OC1CC[C@@]2(C)C(=CCC3C2CC[C@@]2(C)C3CC[C@@H]2C(C)CCCCC(C)C)C1. The molecule has 0 aromatic carbocycles. The van der Waals surface area contributed by atoms with E-state index in [9.17, 15) is 4.79 Å². The molecule has 210 valence electrons. The number of carbonyl (C=O) groups is 1. The third kappa shape index (κ3) is 6.61. The van der Waals surface area contributed by atoms with Crippen LogP contribution in [0.15, 0.2) is 11.6 Å². The first-order valence-corrected chi connectivity index (χ1v) is 16.0. The Morgan fingerprint density at radius 1 is 0.944 bits per heavy atom. The van der Waals surface area contributed by atoms with Gasteiger partial charge in [-0.05, 0) is 91.3 Å². The molecule has 0 bridgehead atoms. The van der Waals surface area contributed by atoms with Crippen molar-refractivity contribution in [1.29, 1.82) is 0 Å². The van der Waals surface area contributed by atoms with Crippen LogP contribution in [0.4, 0.5) is 0 Å². The van der Waals surface area contributed by atoms with Crippen LogP contribution < -0.4 is 0 Å². The van der Waals surface area contributed by atoms with E-state index >= 15 is 0 Å². The monoisotopic (exact) mass is 502 g/mol. The Morgan fingerprint density at radius 2 is 1.61 bits per heavy atom. The number of ether oxygens (including phenoxy) is 1. The molecule has 3 fully saturated rings. The Labute approximate surface area is 225 Å². The number of allylic oxidation sites excluding steroid dienone is 1. The Bertz CT molecular complexity index is 708. The van der Waals surface area contributed by atoms with Crippen molar-refractivity contribution in [2.75, 3.05) is 0 Å². The lowest BCUT2D eigenvalue weighted by Crippen LogP contribution is -2.51. The van der Waals surface area contributed by atoms with Crippen molar-refractivity contribution in [3.05, 3.63) is 11.6 Å². The molecule has 2 nitrogen and oxygen atoms in total. The molecular weight excluding hydrogens is 440 g/mol. The molecule has 36 heavy (non-hydrogen) atoms. The first kappa shape index (κ1) is 31.4. The molecule has 4 aliphatic carbocycles. The normalized spacial score (nSPS) is 37.6. The summed E-state index contributed by atoms with van der Waals surface area (Å²) in [5, 5.41) is 0. The number of esters is 1. The molecule has 8 atom stereocenters. The molecule has 0 aromatic heterocycles. The van der Waals surface area contributed by atoms with Gasteiger partial charge in [0.1, 0.15) is 6.10 Å². The molecule has 3 saturated carbocycles. The molecule has 2 heteroatoms. The van der Waals surface area contributed by atoms with E-state index < -0.39 is 0 Å². The molecule has 0 saturated heterocycles. The third-order valence-corrected chi connectivity index (χ3v) is 10.8. The van der Waals surface area contributed by atoms with Gasteiger partial charge >= 0.3 is 5.97 Å². The van der Waals surface area contributed by atoms with Crippen LogP contribution in [0.25, 0.3) is 0 Å². The third-order valence-electron chi connectivity index (χ3n) is 10.8. The van der Waals surface area contributed by atoms with Crippen molar-refractivity contribution in [2.45, 2.75) is 152 Å². The van der Waals surface area contributed by atoms with Crippen LogP contribution in [0.1, 0.15) is 146 Å². The van der Waals surface area contributed by atoms with Gasteiger partial charge in [0, 0.05) is 13.3 Å². The standard InChI is InChI=1S/C30H50O2.2C2H6/c1-20(2)9-7-8-10-21(3)26-13-14-27-25-12-11-23-19-24(32-22(4)31)15-17-29(23,5)28(25)16-18-30(26,27)6;2*1-2/h11,20-21,24-28H,7-10,12-19H2,1-6H3;2*1-2H3/t21?,24?,25?,26-,27?,28?,29+,30-;;/m1../s1. The van der Waals surface area contributed by atoms with E-state index in [1.165, 1.54) is 64.2 Å². The first-order chi connectivity index (χ1) is 17.1. The lowest BCUT2D eigenvalue weighted by Gasteiger charge is -2.58. The zero-order chi connectivity index (χ0) is 27.1. The fraction of sp³-hybridized carbons (Fsp3) is 0.912. The minimum absolute atomic E-state index is 0.114. The smallest absolute Gasteiger partial charge is 0.302 e. The fourth-order valence-electron chi connectivity index (χ4n) is 9.16. The van der Waals surface area contributed by atoms with Crippen LogP contribution in [0.2, 0.25) is 0 Å². The summed E-state index contributed by atoms with van der Waals surface area (Å²) in [6, 6.07) is 0. The Balaban J connectivity index is 0.00000109. The number of carbonyl (C=O) groups excluding carboxylic acids is 1. The van der Waals surface area contributed by atoms with E-state index in [-0.39, 0.29) is 12.1 Å². The predicted molar refractivity (Wildman–Crippen MR) is 156 cm³/mol. The van der Waals surface area contributed by atoms with Crippen LogP contribution in [-0.4, -0.2) is 12.1 Å². The van der Waals surface area contributed by atoms with E-state index in [4.69, 9.17) is 4.74 Å². The van der Waals surface area contributed by atoms with Crippen LogP contribution in [0, 0.1) is 46.3 Å². The average molecular weight is 503 g/mol. The van der Waals surface area contributed by atoms with Gasteiger partial charge in [-0.3, -0.25) is 4.79 Å². The highest BCUT2D eigenvalue weighted by molar-refractivity contribution is 5.66. The highest BCUT2D eigenvalue weighted by Gasteiger charge is 2.59. The number of rotatable bonds is 7. The molecule has 0 N–H and O–H groups in total. The van der Waals surface area contributed by atoms with Crippen molar-refractivity contribution >= 4 is 5.97 Å². The van der Waals surface area contributed by atoms with Crippen LogP contribution in [0.3, 0.4) is 0 Å². The van der Waals surface area contributed by atoms with Gasteiger partial charge in [0.15, 0.2) is 0 Å². The minimum Gasteiger partial charge on any atom is -0.462 e. The van der Waals surface area contributed by atoms with Crippen molar-refractivity contribution in [3.63, 3.8) is 0 Å². The van der Waals surface area contributed by atoms with Gasteiger partial charge in [-0.1, -0.05) is 99.6 Å². The summed E-state index contributed by atoms with van der Waals surface area (Å²) < 4.78 is 5.62. The van der Waals surface area contributed by atoms with Crippen molar-refractivity contribution in [2.24, 2.45) is 46.3 Å². The van der Waals surface area contributed by atoms with Gasteiger partial charge in [0.25, 0.3) is 0 Å². The average Bonchev–Trinajstić information content (AvgIpc) is 3.21. The zero-order valence-corrected chi connectivity index (χ0v) is 25.9. The van der Waals surface area contributed by atoms with Gasteiger partial charge in [0.2, 0.25) is 0 Å². The summed E-state index contributed by atoms with van der Waals surface area (Å²) >= 11 is 0. The van der Waals surface area contributed by atoms with Crippen LogP contribution in [0.5, 0.6) is 0 Å². The summed E-state index contributed by atoms with van der Waals surface area (Å²) in [4.78, 5) is 11.5. The lowest BCUT2D eigenvalue weighted by molar-refractivity contribution is -0.148. The van der Waals surface area contributed by atoms with Crippen molar-refractivity contribution in [3.8, 4) is 0 Å². The quantitative estimate of drug-likeness (QED) is 0.196. The van der Waals surface area contributed by atoms with Crippen molar-refractivity contribution < 1.29 is 9.53 Å². The highest BCUT2D eigenvalue weighted by atomic mass is 16.5. The molecular formula is C34H62O2. The van der Waals surface area contributed by atoms with E-state index in [0.717, 1.165) is 48.3 Å². The molecule has 0 heterocycles. The van der Waals surface area contributed by atoms with Gasteiger partial charge in [0.05, 0.1) is 0 Å². The number of hydrogen-bond acceptors (Lipinski definition) is 2. The summed E-state index contributed by atoms with van der Waals surface area (Å²) in [5.74, 6) is 5.21. The Kier molecular flexibility index (Phi) is 12.1. The largest absolute Gasteiger partial charge is 0.462 e. The van der Waals surface area contributed by atoms with E-state index in [0.29, 0.717) is 10.8 Å². The summed E-state index contributed by atoms with van der Waals surface area (Å²) in [5.41, 5.74) is 2.53.